The van der Waals surface area contributed by atoms with Gasteiger partial charge in [0.25, 0.3) is 11.7 Å². The SMILES string of the molecule is COc1ccc(/C(O)=C2\C(=O)C(=O)N(Cc3cccnc3)C2c2cccnc2)c(C)c1. The van der Waals surface area contributed by atoms with Gasteiger partial charge in [-0.2, -0.15) is 0 Å². The van der Waals surface area contributed by atoms with E-state index in [-0.39, 0.29) is 17.9 Å². The van der Waals surface area contributed by atoms with Gasteiger partial charge in [0.1, 0.15) is 11.5 Å². The highest BCUT2D eigenvalue weighted by atomic mass is 16.5. The fraction of sp³-hybridized carbons (Fsp3) is 0.167. The molecule has 1 aromatic carbocycles. The second kappa shape index (κ2) is 8.39. The number of aliphatic hydroxyl groups excluding tert-OH is 1. The normalized spacial score (nSPS) is 17.7. The topological polar surface area (TPSA) is 92.6 Å². The number of Topliss-reactive ketones (excluding diaryl/α,β-unsaturated/α-hetero) is 1. The third-order valence-corrected chi connectivity index (χ3v) is 5.30. The molecule has 3 aromatic rings. The summed E-state index contributed by atoms with van der Waals surface area (Å²) in [6.07, 6.45) is 6.50. The average molecular weight is 415 g/mol. The zero-order valence-corrected chi connectivity index (χ0v) is 17.1. The zero-order valence-electron chi connectivity index (χ0n) is 17.1. The largest absolute Gasteiger partial charge is 0.507 e. The number of hydrogen-bond donors (Lipinski definition) is 1. The molecule has 0 radical (unpaired) electrons. The predicted octanol–water partition coefficient (Wildman–Crippen LogP) is 3.42. The predicted molar refractivity (Wildman–Crippen MR) is 114 cm³/mol. The highest BCUT2D eigenvalue weighted by molar-refractivity contribution is 6.46. The number of aliphatic hydroxyl groups is 1. The van der Waals surface area contributed by atoms with Gasteiger partial charge in [-0.1, -0.05) is 12.1 Å². The molecule has 1 aliphatic heterocycles. The maximum absolute atomic E-state index is 13.1. The van der Waals surface area contributed by atoms with E-state index in [9.17, 15) is 14.7 Å². The lowest BCUT2D eigenvalue weighted by Gasteiger charge is -2.25. The van der Waals surface area contributed by atoms with Gasteiger partial charge in [-0.3, -0.25) is 19.6 Å². The van der Waals surface area contributed by atoms with Gasteiger partial charge in [-0.15, -0.1) is 0 Å². The van der Waals surface area contributed by atoms with Crippen molar-refractivity contribution in [1.29, 1.82) is 0 Å². The summed E-state index contributed by atoms with van der Waals surface area (Å²) in [4.78, 5) is 35.7. The number of aryl methyl sites for hydroxylation is 1. The number of nitrogens with zero attached hydrogens (tertiary/aromatic N) is 3. The molecule has 7 nitrogen and oxygen atoms in total. The number of likely N-dealkylation sites (tertiary alicyclic amines) is 1. The molecule has 156 valence electrons. The number of hydrogen-bond acceptors (Lipinski definition) is 6. The molecule has 0 bridgehead atoms. The molecule has 2 aromatic heterocycles. The molecular weight excluding hydrogens is 394 g/mol. The number of ether oxygens (including phenoxy) is 1. The Morgan fingerprint density at radius 1 is 1.10 bits per heavy atom. The third kappa shape index (κ3) is 3.77. The highest BCUT2D eigenvalue weighted by Crippen LogP contribution is 2.40. The lowest BCUT2D eigenvalue weighted by atomic mass is 9.94. The number of methoxy groups -OCH3 is 1. The first-order valence-corrected chi connectivity index (χ1v) is 9.73. The molecule has 1 amide bonds. The van der Waals surface area contributed by atoms with Crippen LogP contribution in [-0.4, -0.2) is 38.8 Å². The molecule has 1 unspecified atom stereocenters. The van der Waals surface area contributed by atoms with E-state index in [4.69, 9.17) is 4.74 Å². The number of ketones is 1. The van der Waals surface area contributed by atoms with Gasteiger partial charge >= 0.3 is 0 Å². The van der Waals surface area contributed by atoms with Gasteiger partial charge in [-0.25, -0.2) is 0 Å². The minimum Gasteiger partial charge on any atom is -0.507 e. The summed E-state index contributed by atoms with van der Waals surface area (Å²) in [6, 6.07) is 11.5. The quantitative estimate of drug-likeness (QED) is 0.390. The molecule has 1 N–H and O–H groups in total. The second-order valence-electron chi connectivity index (χ2n) is 7.26. The third-order valence-electron chi connectivity index (χ3n) is 5.30. The second-order valence-corrected chi connectivity index (χ2v) is 7.26. The summed E-state index contributed by atoms with van der Waals surface area (Å²) in [5, 5.41) is 11.2. The van der Waals surface area contributed by atoms with Crippen LogP contribution >= 0.6 is 0 Å². The molecule has 4 rings (SSSR count). The first-order chi connectivity index (χ1) is 15.0. The van der Waals surface area contributed by atoms with Crippen LogP contribution in [0.4, 0.5) is 0 Å². The Kier molecular flexibility index (Phi) is 5.49. The van der Waals surface area contributed by atoms with Crippen LogP contribution in [0.25, 0.3) is 5.76 Å². The number of rotatable bonds is 5. The minimum absolute atomic E-state index is 0.0372. The summed E-state index contributed by atoms with van der Waals surface area (Å²) >= 11 is 0. The molecule has 0 saturated carbocycles. The molecular formula is C24H21N3O4. The Labute approximate surface area is 179 Å². The first-order valence-electron chi connectivity index (χ1n) is 9.73. The van der Waals surface area contributed by atoms with Crippen LogP contribution < -0.4 is 4.74 Å². The summed E-state index contributed by atoms with van der Waals surface area (Å²) in [7, 11) is 1.56. The van der Waals surface area contributed by atoms with Crippen LogP contribution in [0.1, 0.15) is 28.3 Å². The first kappa shape index (κ1) is 20.3. The number of carbonyl (C=O) groups excluding carboxylic acids is 2. The van der Waals surface area contributed by atoms with Crippen LogP contribution in [0, 0.1) is 6.92 Å². The van der Waals surface area contributed by atoms with E-state index in [0.29, 0.717) is 16.9 Å². The van der Waals surface area contributed by atoms with Crippen LogP contribution in [0.5, 0.6) is 5.75 Å². The number of pyridine rings is 2. The Balaban J connectivity index is 1.86. The Morgan fingerprint density at radius 2 is 1.84 bits per heavy atom. The van der Waals surface area contributed by atoms with Crippen molar-refractivity contribution >= 4 is 17.4 Å². The summed E-state index contributed by atoms with van der Waals surface area (Å²) in [6.45, 7) is 1.98. The zero-order chi connectivity index (χ0) is 22.0. The Hall–Kier alpha value is -4.00. The van der Waals surface area contributed by atoms with Crippen molar-refractivity contribution in [2.24, 2.45) is 0 Å². The van der Waals surface area contributed by atoms with Crippen LogP contribution in [0.2, 0.25) is 0 Å². The number of benzene rings is 1. The molecule has 7 heteroatoms. The highest BCUT2D eigenvalue weighted by Gasteiger charge is 2.46. The molecule has 1 saturated heterocycles. The monoisotopic (exact) mass is 415 g/mol. The van der Waals surface area contributed by atoms with Gasteiger partial charge in [0.15, 0.2) is 0 Å². The van der Waals surface area contributed by atoms with Crippen molar-refractivity contribution in [3.8, 4) is 5.75 Å². The maximum Gasteiger partial charge on any atom is 0.295 e. The van der Waals surface area contributed by atoms with Crippen LogP contribution in [-0.2, 0) is 16.1 Å². The minimum atomic E-state index is -0.768. The summed E-state index contributed by atoms with van der Waals surface area (Å²) < 4.78 is 5.23. The number of amides is 1. The van der Waals surface area contributed by atoms with Crippen LogP contribution in [0.15, 0.2) is 72.8 Å². The smallest absolute Gasteiger partial charge is 0.295 e. The molecule has 1 atom stereocenters. The van der Waals surface area contributed by atoms with Crippen LogP contribution in [0.3, 0.4) is 0 Å². The summed E-state index contributed by atoms with van der Waals surface area (Å²) in [5.41, 5.74) is 2.64. The molecule has 0 aliphatic carbocycles. The van der Waals surface area contributed by atoms with Gasteiger partial charge < -0.3 is 14.7 Å². The number of carbonyl (C=O) groups is 2. The van der Waals surface area contributed by atoms with E-state index in [1.807, 2.05) is 13.0 Å². The van der Waals surface area contributed by atoms with Gasteiger partial charge in [0.05, 0.1) is 18.7 Å². The van der Waals surface area contributed by atoms with Gasteiger partial charge in [-0.05, 0) is 53.9 Å². The standard InChI is InChI=1S/C24H21N3O4/c1-15-11-18(31-2)7-8-19(15)22(28)20-21(17-6-4-10-26-13-17)27(24(30)23(20)29)14-16-5-3-9-25-12-16/h3-13,21,28H,14H2,1-2H3/b22-20+. The van der Waals surface area contributed by atoms with Crippen molar-refractivity contribution in [3.05, 3.63) is 95.1 Å². The molecule has 0 spiro atoms. The van der Waals surface area contributed by atoms with E-state index in [0.717, 1.165) is 11.1 Å². The van der Waals surface area contributed by atoms with Crippen molar-refractivity contribution in [2.45, 2.75) is 19.5 Å². The van der Waals surface area contributed by atoms with Crippen molar-refractivity contribution < 1.29 is 19.4 Å². The van der Waals surface area contributed by atoms with E-state index < -0.39 is 17.7 Å². The van der Waals surface area contributed by atoms with Gasteiger partial charge in [0, 0.05) is 36.9 Å². The average Bonchev–Trinajstić information content (AvgIpc) is 3.04. The summed E-state index contributed by atoms with van der Waals surface area (Å²) in [5.74, 6) is -0.994. The Bertz CT molecular complexity index is 1160. The molecule has 31 heavy (non-hydrogen) atoms. The fourth-order valence-electron chi connectivity index (χ4n) is 3.79. The fourth-order valence-corrected chi connectivity index (χ4v) is 3.79. The molecule has 1 aliphatic rings. The van der Waals surface area contributed by atoms with E-state index in [1.165, 1.54) is 4.90 Å². The molecule has 3 heterocycles. The molecule has 1 fully saturated rings. The lowest BCUT2D eigenvalue weighted by Crippen LogP contribution is -2.29. The van der Waals surface area contributed by atoms with Crippen molar-refractivity contribution in [3.63, 3.8) is 0 Å². The van der Waals surface area contributed by atoms with Gasteiger partial charge in [0.2, 0.25) is 0 Å². The maximum atomic E-state index is 13.1. The van der Waals surface area contributed by atoms with Crippen molar-refractivity contribution in [1.82, 2.24) is 14.9 Å². The Morgan fingerprint density at radius 3 is 2.45 bits per heavy atom. The van der Waals surface area contributed by atoms with Crippen molar-refractivity contribution in [2.75, 3.05) is 7.11 Å². The lowest BCUT2D eigenvalue weighted by molar-refractivity contribution is -0.140. The van der Waals surface area contributed by atoms with E-state index in [1.54, 1.807) is 68.3 Å². The van der Waals surface area contributed by atoms with E-state index >= 15 is 0 Å². The number of aromatic nitrogens is 2. The van der Waals surface area contributed by atoms with E-state index in [2.05, 4.69) is 9.97 Å².